The summed E-state index contributed by atoms with van der Waals surface area (Å²) in [6, 6.07) is 12.1. The Morgan fingerprint density at radius 2 is 1.95 bits per heavy atom. The van der Waals surface area contributed by atoms with Crippen LogP contribution in [-0.4, -0.2) is 6.61 Å². The third-order valence-electron chi connectivity index (χ3n) is 3.75. The minimum atomic E-state index is -1.19. The third-order valence-corrected chi connectivity index (χ3v) is 3.75. The van der Waals surface area contributed by atoms with Crippen molar-refractivity contribution >= 4 is 0 Å². The summed E-state index contributed by atoms with van der Waals surface area (Å²) in [7, 11) is 0. The van der Waals surface area contributed by atoms with E-state index in [0.717, 1.165) is 11.1 Å². The molecule has 1 aliphatic heterocycles. The van der Waals surface area contributed by atoms with E-state index < -0.39 is 11.5 Å². The SMILES string of the molecule is C=CC1CCOC(c2ccc(C)cc2)C1(C#N)C#N. The molecule has 1 aliphatic rings. The minimum absolute atomic E-state index is 0.164. The van der Waals surface area contributed by atoms with Crippen LogP contribution >= 0.6 is 0 Å². The van der Waals surface area contributed by atoms with Crippen molar-refractivity contribution in [3.05, 3.63) is 48.0 Å². The van der Waals surface area contributed by atoms with E-state index in [2.05, 4.69) is 18.7 Å². The highest BCUT2D eigenvalue weighted by molar-refractivity contribution is 5.33. The molecule has 3 heteroatoms. The van der Waals surface area contributed by atoms with Crippen molar-refractivity contribution < 1.29 is 4.74 Å². The molecule has 0 aromatic heterocycles. The Bertz CT molecular complexity index is 534. The van der Waals surface area contributed by atoms with Gasteiger partial charge in [0.15, 0.2) is 5.41 Å². The molecule has 2 atom stereocenters. The van der Waals surface area contributed by atoms with Crippen LogP contribution in [0, 0.1) is 40.9 Å². The van der Waals surface area contributed by atoms with Gasteiger partial charge in [0, 0.05) is 12.5 Å². The summed E-state index contributed by atoms with van der Waals surface area (Å²) in [6.07, 6.45) is 1.85. The van der Waals surface area contributed by atoms with Gasteiger partial charge in [-0.15, -0.1) is 6.58 Å². The van der Waals surface area contributed by atoms with Crippen LogP contribution in [-0.2, 0) is 4.74 Å². The largest absolute Gasteiger partial charge is 0.371 e. The highest BCUT2D eigenvalue weighted by Crippen LogP contribution is 2.47. The van der Waals surface area contributed by atoms with Crippen LogP contribution in [0.2, 0.25) is 0 Å². The van der Waals surface area contributed by atoms with E-state index in [1.165, 1.54) is 0 Å². The first-order chi connectivity index (χ1) is 9.17. The Kier molecular flexibility index (Phi) is 3.69. The second kappa shape index (κ2) is 5.26. The first kappa shape index (κ1) is 13.3. The molecule has 0 amide bonds. The van der Waals surface area contributed by atoms with E-state index in [1.54, 1.807) is 6.08 Å². The molecule has 0 bridgehead atoms. The molecule has 1 aromatic carbocycles. The summed E-state index contributed by atoms with van der Waals surface area (Å²) >= 11 is 0. The molecule has 0 saturated carbocycles. The maximum absolute atomic E-state index is 9.53. The number of nitriles is 2. The van der Waals surface area contributed by atoms with Crippen molar-refractivity contribution in [2.45, 2.75) is 19.4 Å². The van der Waals surface area contributed by atoms with Gasteiger partial charge in [-0.05, 0) is 18.9 Å². The average Bonchev–Trinajstić information content (AvgIpc) is 2.47. The van der Waals surface area contributed by atoms with Gasteiger partial charge < -0.3 is 4.74 Å². The van der Waals surface area contributed by atoms with Crippen LogP contribution in [0.3, 0.4) is 0 Å². The monoisotopic (exact) mass is 252 g/mol. The highest BCUT2D eigenvalue weighted by atomic mass is 16.5. The topological polar surface area (TPSA) is 56.8 Å². The molecule has 2 unspecified atom stereocenters. The molecule has 3 nitrogen and oxygen atoms in total. The van der Waals surface area contributed by atoms with Gasteiger partial charge in [-0.1, -0.05) is 35.9 Å². The van der Waals surface area contributed by atoms with Crippen molar-refractivity contribution in [2.75, 3.05) is 6.61 Å². The minimum Gasteiger partial charge on any atom is -0.371 e. The molecular weight excluding hydrogens is 236 g/mol. The smallest absolute Gasteiger partial charge is 0.180 e. The Labute approximate surface area is 113 Å². The number of benzene rings is 1. The lowest BCUT2D eigenvalue weighted by Gasteiger charge is -2.39. The molecule has 1 heterocycles. The quantitative estimate of drug-likeness (QED) is 0.759. The fraction of sp³-hybridized carbons (Fsp3) is 0.375. The highest BCUT2D eigenvalue weighted by Gasteiger charge is 2.49. The number of hydrogen-bond donors (Lipinski definition) is 0. The number of hydrogen-bond acceptors (Lipinski definition) is 3. The van der Waals surface area contributed by atoms with Crippen LogP contribution in [0.4, 0.5) is 0 Å². The Morgan fingerprint density at radius 3 is 2.47 bits per heavy atom. The molecule has 1 fully saturated rings. The van der Waals surface area contributed by atoms with E-state index in [9.17, 15) is 10.5 Å². The molecule has 19 heavy (non-hydrogen) atoms. The Hall–Kier alpha value is -2.10. The summed E-state index contributed by atoms with van der Waals surface area (Å²) in [5.41, 5.74) is 0.828. The standard InChI is InChI=1S/C16H16N2O/c1-3-14-8-9-19-15(16(14,10-17)11-18)13-6-4-12(2)5-7-13/h3-7,14-15H,1,8-9H2,2H3. The fourth-order valence-electron chi connectivity index (χ4n) is 2.58. The van der Waals surface area contributed by atoms with Crippen molar-refractivity contribution in [1.29, 1.82) is 10.5 Å². The van der Waals surface area contributed by atoms with Crippen LogP contribution in [0.15, 0.2) is 36.9 Å². The second-order valence-electron chi connectivity index (χ2n) is 4.89. The number of nitrogens with zero attached hydrogens (tertiary/aromatic N) is 2. The molecule has 1 saturated heterocycles. The van der Waals surface area contributed by atoms with Gasteiger partial charge >= 0.3 is 0 Å². The number of allylic oxidation sites excluding steroid dienone is 1. The summed E-state index contributed by atoms with van der Waals surface area (Å²) in [5, 5.41) is 19.1. The van der Waals surface area contributed by atoms with E-state index in [1.807, 2.05) is 31.2 Å². The van der Waals surface area contributed by atoms with Crippen LogP contribution in [0.25, 0.3) is 0 Å². The van der Waals surface area contributed by atoms with Gasteiger partial charge in [0.25, 0.3) is 0 Å². The van der Waals surface area contributed by atoms with Crippen LogP contribution in [0.5, 0.6) is 0 Å². The lowest BCUT2D eigenvalue weighted by molar-refractivity contribution is -0.0577. The fourth-order valence-corrected chi connectivity index (χ4v) is 2.58. The number of ether oxygens (including phenoxy) is 1. The Morgan fingerprint density at radius 1 is 1.32 bits per heavy atom. The van der Waals surface area contributed by atoms with E-state index in [-0.39, 0.29) is 5.92 Å². The molecule has 0 radical (unpaired) electrons. The van der Waals surface area contributed by atoms with Crippen molar-refractivity contribution in [3.8, 4) is 12.1 Å². The molecule has 2 rings (SSSR count). The van der Waals surface area contributed by atoms with Gasteiger partial charge in [0.1, 0.15) is 6.10 Å². The van der Waals surface area contributed by atoms with Gasteiger partial charge in [-0.25, -0.2) is 0 Å². The first-order valence-corrected chi connectivity index (χ1v) is 6.31. The molecule has 0 N–H and O–H groups in total. The van der Waals surface area contributed by atoms with Crippen LogP contribution in [0.1, 0.15) is 23.7 Å². The maximum Gasteiger partial charge on any atom is 0.180 e. The normalized spacial score (nSPS) is 25.0. The molecule has 1 aromatic rings. The van der Waals surface area contributed by atoms with Crippen molar-refractivity contribution in [1.82, 2.24) is 0 Å². The lowest BCUT2D eigenvalue weighted by atomic mass is 9.68. The number of rotatable bonds is 2. The van der Waals surface area contributed by atoms with Crippen molar-refractivity contribution in [2.24, 2.45) is 11.3 Å². The van der Waals surface area contributed by atoms with E-state index >= 15 is 0 Å². The predicted octanol–water partition coefficient (Wildman–Crippen LogP) is 3.29. The lowest BCUT2D eigenvalue weighted by Crippen LogP contribution is -2.39. The molecule has 0 spiro atoms. The third kappa shape index (κ3) is 2.14. The molecule has 96 valence electrons. The molecular formula is C16H16N2O. The summed E-state index contributed by atoms with van der Waals surface area (Å²) in [6.45, 7) is 6.30. The van der Waals surface area contributed by atoms with Gasteiger partial charge in [0.2, 0.25) is 0 Å². The van der Waals surface area contributed by atoms with Crippen molar-refractivity contribution in [3.63, 3.8) is 0 Å². The first-order valence-electron chi connectivity index (χ1n) is 6.31. The molecule has 0 aliphatic carbocycles. The summed E-state index contributed by atoms with van der Waals surface area (Å²) in [4.78, 5) is 0. The average molecular weight is 252 g/mol. The van der Waals surface area contributed by atoms with E-state index in [0.29, 0.717) is 13.0 Å². The summed E-state index contributed by atoms with van der Waals surface area (Å²) < 4.78 is 5.74. The Balaban J connectivity index is 2.48. The second-order valence-corrected chi connectivity index (χ2v) is 4.89. The maximum atomic E-state index is 9.53. The van der Waals surface area contributed by atoms with Gasteiger partial charge in [-0.3, -0.25) is 0 Å². The van der Waals surface area contributed by atoms with Gasteiger partial charge in [0.05, 0.1) is 12.1 Å². The van der Waals surface area contributed by atoms with Gasteiger partial charge in [-0.2, -0.15) is 10.5 Å². The zero-order chi connectivity index (χ0) is 13.9. The predicted molar refractivity (Wildman–Crippen MR) is 71.8 cm³/mol. The number of aryl methyl sites for hydroxylation is 1. The zero-order valence-electron chi connectivity index (χ0n) is 11.0. The summed E-state index contributed by atoms with van der Waals surface area (Å²) in [5.74, 6) is -0.164. The van der Waals surface area contributed by atoms with E-state index in [4.69, 9.17) is 4.74 Å². The zero-order valence-corrected chi connectivity index (χ0v) is 11.0. The van der Waals surface area contributed by atoms with Crippen LogP contribution < -0.4 is 0 Å².